The smallest absolute Gasteiger partial charge is 0.323 e. The van der Waals surface area contributed by atoms with E-state index >= 15 is 0 Å². The number of hydrogen-bond acceptors (Lipinski definition) is 7. The van der Waals surface area contributed by atoms with E-state index in [1.165, 1.54) is 24.6 Å². The van der Waals surface area contributed by atoms with E-state index < -0.39 is 0 Å². The summed E-state index contributed by atoms with van der Waals surface area (Å²) in [5.41, 5.74) is 0. The number of rotatable bonds is 7. The van der Waals surface area contributed by atoms with Crippen LogP contribution in [-0.2, 0) is 9.53 Å². The SMILES string of the molecule is CCOC(=O)C(CSc1nnnn1C1CCCC1)NC. The van der Waals surface area contributed by atoms with E-state index in [4.69, 9.17) is 4.74 Å². The van der Waals surface area contributed by atoms with Crippen molar-refractivity contribution in [1.82, 2.24) is 25.5 Å². The molecule has 7 nitrogen and oxygen atoms in total. The van der Waals surface area contributed by atoms with Crippen molar-refractivity contribution in [3.05, 3.63) is 0 Å². The van der Waals surface area contributed by atoms with Gasteiger partial charge in [0, 0.05) is 5.75 Å². The Balaban J connectivity index is 1.93. The maximum absolute atomic E-state index is 11.7. The molecule has 0 aromatic carbocycles. The number of esters is 1. The summed E-state index contributed by atoms with van der Waals surface area (Å²) in [5.74, 6) is 0.324. The van der Waals surface area contributed by atoms with Crippen LogP contribution in [0.4, 0.5) is 0 Å². The molecule has 2 rings (SSSR count). The first kappa shape index (κ1) is 15.2. The lowest BCUT2D eigenvalue weighted by molar-refractivity contribution is -0.144. The first-order valence-corrected chi connectivity index (χ1v) is 7.99. The van der Waals surface area contributed by atoms with E-state index in [1.807, 2.05) is 4.68 Å². The lowest BCUT2D eigenvalue weighted by atomic mass is 10.3. The number of likely N-dealkylation sites (N-methyl/N-ethyl adjacent to an activating group) is 1. The molecule has 1 heterocycles. The van der Waals surface area contributed by atoms with Crippen molar-refractivity contribution < 1.29 is 9.53 Å². The average molecular weight is 299 g/mol. The summed E-state index contributed by atoms with van der Waals surface area (Å²) in [7, 11) is 1.75. The van der Waals surface area contributed by atoms with Gasteiger partial charge in [0.25, 0.3) is 0 Å². The van der Waals surface area contributed by atoms with Crippen molar-refractivity contribution in [1.29, 1.82) is 0 Å². The summed E-state index contributed by atoms with van der Waals surface area (Å²) in [6, 6.07) is 0.0665. The zero-order chi connectivity index (χ0) is 14.4. The summed E-state index contributed by atoms with van der Waals surface area (Å²) in [6.07, 6.45) is 4.73. The number of nitrogens with one attached hydrogen (secondary N) is 1. The highest BCUT2D eigenvalue weighted by Gasteiger charge is 2.24. The molecule has 0 spiro atoms. The van der Waals surface area contributed by atoms with Crippen LogP contribution >= 0.6 is 11.8 Å². The second kappa shape index (κ2) is 7.58. The van der Waals surface area contributed by atoms with E-state index in [2.05, 4.69) is 20.8 Å². The standard InChI is InChI=1S/C12H21N5O2S/c1-3-19-11(18)10(13-2)8-20-12-14-15-16-17(12)9-6-4-5-7-9/h9-10,13H,3-8H2,1-2H3. The predicted molar refractivity (Wildman–Crippen MR) is 75.5 cm³/mol. The maximum Gasteiger partial charge on any atom is 0.323 e. The van der Waals surface area contributed by atoms with Crippen LogP contribution in [0.3, 0.4) is 0 Å². The number of thioether (sulfide) groups is 1. The molecule has 0 bridgehead atoms. The minimum atomic E-state index is -0.339. The molecule has 1 fully saturated rings. The third kappa shape index (κ3) is 3.69. The Morgan fingerprint density at radius 2 is 2.30 bits per heavy atom. The highest BCUT2D eigenvalue weighted by Crippen LogP contribution is 2.31. The number of nitrogens with zero attached hydrogens (tertiary/aromatic N) is 4. The minimum Gasteiger partial charge on any atom is -0.465 e. The molecule has 112 valence electrons. The molecule has 20 heavy (non-hydrogen) atoms. The molecule has 1 N–H and O–H groups in total. The number of ether oxygens (including phenoxy) is 1. The quantitative estimate of drug-likeness (QED) is 0.595. The van der Waals surface area contributed by atoms with Gasteiger partial charge < -0.3 is 10.1 Å². The van der Waals surface area contributed by atoms with Crippen molar-refractivity contribution >= 4 is 17.7 Å². The molecule has 0 saturated heterocycles. The molecule has 1 aliphatic carbocycles. The number of carbonyl (C=O) groups excluding carboxylic acids is 1. The Hall–Kier alpha value is -1.15. The van der Waals surface area contributed by atoms with Gasteiger partial charge in [0.1, 0.15) is 6.04 Å². The minimum absolute atomic E-state index is 0.234. The predicted octanol–water partition coefficient (Wildman–Crippen LogP) is 1.03. The van der Waals surface area contributed by atoms with Crippen molar-refractivity contribution in [3.63, 3.8) is 0 Å². The maximum atomic E-state index is 11.7. The molecule has 8 heteroatoms. The van der Waals surface area contributed by atoms with Crippen LogP contribution in [0.1, 0.15) is 38.6 Å². The summed E-state index contributed by atoms with van der Waals surface area (Å²) in [6.45, 7) is 2.19. The summed E-state index contributed by atoms with van der Waals surface area (Å²) < 4.78 is 6.92. The monoisotopic (exact) mass is 299 g/mol. The molecule has 1 aliphatic rings. The normalized spacial score (nSPS) is 17.3. The molecule has 0 amide bonds. The van der Waals surface area contributed by atoms with Crippen LogP contribution in [-0.4, -0.2) is 51.6 Å². The molecule has 1 atom stereocenters. The molecular weight excluding hydrogens is 278 g/mol. The van der Waals surface area contributed by atoms with Crippen LogP contribution in [0.15, 0.2) is 5.16 Å². The lowest BCUT2D eigenvalue weighted by Gasteiger charge is -2.15. The van der Waals surface area contributed by atoms with Gasteiger partial charge in [-0.15, -0.1) is 5.10 Å². The Bertz CT molecular complexity index is 433. The van der Waals surface area contributed by atoms with E-state index in [9.17, 15) is 4.79 Å². The largest absolute Gasteiger partial charge is 0.465 e. The highest BCUT2D eigenvalue weighted by atomic mass is 32.2. The Labute approximate surface area is 122 Å². The van der Waals surface area contributed by atoms with Crippen LogP contribution in [0, 0.1) is 0 Å². The van der Waals surface area contributed by atoms with Gasteiger partial charge in [-0.1, -0.05) is 24.6 Å². The number of carbonyl (C=O) groups is 1. The molecule has 0 aliphatic heterocycles. The lowest BCUT2D eigenvalue weighted by Crippen LogP contribution is -2.37. The fourth-order valence-corrected chi connectivity index (χ4v) is 3.36. The summed E-state index contributed by atoms with van der Waals surface area (Å²) in [5, 5.41) is 15.6. The number of tetrazole rings is 1. The van der Waals surface area contributed by atoms with E-state index in [0.29, 0.717) is 18.4 Å². The van der Waals surface area contributed by atoms with Gasteiger partial charge in [-0.2, -0.15) is 0 Å². The molecule has 1 saturated carbocycles. The zero-order valence-electron chi connectivity index (χ0n) is 11.9. The zero-order valence-corrected chi connectivity index (χ0v) is 12.7. The first-order valence-electron chi connectivity index (χ1n) is 7.00. The Morgan fingerprint density at radius 3 is 2.95 bits per heavy atom. The second-order valence-electron chi connectivity index (χ2n) is 4.75. The van der Waals surface area contributed by atoms with Gasteiger partial charge in [0.15, 0.2) is 0 Å². The molecule has 1 unspecified atom stereocenters. The summed E-state index contributed by atoms with van der Waals surface area (Å²) >= 11 is 1.49. The molecule has 1 aromatic rings. The van der Waals surface area contributed by atoms with Crippen LogP contribution < -0.4 is 5.32 Å². The first-order chi connectivity index (χ1) is 9.76. The Kier molecular flexibility index (Phi) is 5.78. The van der Waals surface area contributed by atoms with Gasteiger partial charge in [-0.05, 0) is 37.2 Å². The van der Waals surface area contributed by atoms with Crippen molar-refractivity contribution in [2.45, 2.75) is 49.8 Å². The Morgan fingerprint density at radius 1 is 1.55 bits per heavy atom. The van der Waals surface area contributed by atoms with Crippen LogP contribution in [0.5, 0.6) is 0 Å². The molecule has 1 aromatic heterocycles. The number of aromatic nitrogens is 4. The fraction of sp³-hybridized carbons (Fsp3) is 0.833. The molecular formula is C12H21N5O2S. The third-order valence-corrected chi connectivity index (χ3v) is 4.46. The average Bonchev–Trinajstić information content (AvgIpc) is 3.10. The van der Waals surface area contributed by atoms with Crippen LogP contribution in [0.25, 0.3) is 0 Å². The molecule has 0 radical (unpaired) electrons. The van der Waals surface area contributed by atoms with Gasteiger partial charge in [0.2, 0.25) is 5.16 Å². The van der Waals surface area contributed by atoms with Gasteiger partial charge in [0.05, 0.1) is 12.6 Å². The van der Waals surface area contributed by atoms with E-state index in [-0.39, 0.29) is 12.0 Å². The fourth-order valence-electron chi connectivity index (χ4n) is 2.33. The number of hydrogen-bond donors (Lipinski definition) is 1. The second-order valence-corrected chi connectivity index (χ2v) is 5.74. The van der Waals surface area contributed by atoms with Crippen molar-refractivity contribution in [3.8, 4) is 0 Å². The third-order valence-electron chi connectivity index (χ3n) is 3.43. The van der Waals surface area contributed by atoms with E-state index in [0.717, 1.165) is 18.0 Å². The van der Waals surface area contributed by atoms with Gasteiger partial charge in [-0.25, -0.2) is 4.68 Å². The van der Waals surface area contributed by atoms with Gasteiger partial charge in [-0.3, -0.25) is 4.79 Å². The van der Waals surface area contributed by atoms with Crippen LogP contribution in [0.2, 0.25) is 0 Å². The highest BCUT2D eigenvalue weighted by molar-refractivity contribution is 7.99. The van der Waals surface area contributed by atoms with Crippen molar-refractivity contribution in [2.75, 3.05) is 19.4 Å². The van der Waals surface area contributed by atoms with Crippen molar-refractivity contribution in [2.24, 2.45) is 0 Å². The summed E-state index contributed by atoms with van der Waals surface area (Å²) in [4.78, 5) is 11.7. The topological polar surface area (TPSA) is 81.9 Å². The van der Waals surface area contributed by atoms with Gasteiger partial charge >= 0.3 is 5.97 Å². The van der Waals surface area contributed by atoms with E-state index in [1.54, 1.807) is 14.0 Å².